The molecule has 10 heteroatoms. The molecule has 1 amide bonds. The maximum Gasteiger partial charge on any atom is 0.420 e. The second-order valence-corrected chi connectivity index (χ2v) is 8.15. The molecule has 1 aliphatic carbocycles. The van der Waals surface area contributed by atoms with Crippen molar-refractivity contribution < 1.29 is 22.7 Å². The molecule has 2 heterocycles. The van der Waals surface area contributed by atoms with Crippen LogP contribution in [0.15, 0.2) is 24.5 Å². The molecule has 0 atom stereocenters. The Bertz CT molecular complexity index is 1110. The van der Waals surface area contributed by atoms with Gasteiger partial charge in [-0.1, -0.05) is 6.92 Å². The Labute approximate surface area is 177 Å². The number of methoxy groups -OCH3 is 1. The van der Waals surface area contributed by atoms with Gasteiger partial charge in [-0.2, -0.15) is 23.4 Å². The van der Waals surface area contributed by atoms with Crippen molar-refractivity contribution in [1.82, 2.24) is 19.6 Å². The number of nitrogens with one attached hydrogen (secondary N) is 1. The molecule has 1 saturated carbocycles. The summed E-state index contributed by atoms with van der Waals surface area (Å²) in [7, 11) is 2.76. The van der Waals surface area contributed by atoms with Crippen molar-refractivity contribution in [2.75, 3.05) is 12.4 Å². The fraction of sp³-hybridized carbons (Fsp3) is 0.476. The van der Waals surface area contributed by atoms with Crippen LogP contribution < -0.4 is 10.1 Å². The fourth-order valence-corrected chi connectivity index (χ4v) is 4.08. The van der Waals surface area contributed by atoms with Gasteiger partial charge in [-0.05, 0) is 37.7 Å². The van der Waals surface area contributed by atoms with E-state index in [-0.39, 0.29) is 5.69 Å². The van der Waals surface area contributed by atoms with Crippen LogP contribution in [0.5, 0.6) is 5.75 Å². The number of halogens is 3. The Morgan fingerprint density at radius 1 is 1.16 bits per heavy atom. The molecule has 7 nitrogen and oxygen atoms in total. The third kappa shape index (κ3) is 4.24. The van der Waals surface area contributed by atoms with Crippen molar-refractivity contribution in [3.63, 3.8) is 0 Å². The van der Waals surface area contributed by atoms with Gasteiger partial charge in [0.1, 0.15) is 11.3 Å². The highest BCUT2D eigenvalue weighted by atomic mass is 19.4. The van der Waals surface area contributed by atoms with Crippen LogP contribution in [-0.4, -0.2) is 32.6 Å². The van der Waals surface area contributed by atoms with Gasteiger partial charge in [-0.3, -0.25) is 14.2 Å². The molecule has 2 aromatic heterocycles. The molecule has 1 aliphatic rings. The van der Waals surface area contributed by atoms with Gasteiger partial charge in [0.05, 0.1) is 24.4 Å². The summed E-state index contributed by atoms with van der Waals surface area (Å²) in [6.07, 6.45) is 2.41. The van der Waals surface area contributed by atoms with E-state index in [1.807, 2.05) is 10.9 Å². The summed E-state index contributed by atoms with van der Waals surface area (Å²) in [4.78, 5) is 12.6. The third-order valence-electron chi connectivity index (χ3n) is 5.80. The standard InChI is InChI=1S/C21H24F3N5O2/c1-12-4-6-14(7-5-12)29-10-13-8-17(18(31-3)9-16(13)26-29)25-20(30)19-15(21(22,23)24)11-28(2)27-19/h8-12,14H,4-7H2,1-3H3,(H,25,30)/t12-,14-. The van der Waals surface area contributed by atoms with Crippen LogP contribution in [0.4, 0.5) is 18.9 Å². The zero-order valence-electron chi connectivity index (χ0n) is 17.5. The highest BCUT2D eigenvalue weighted by Gasteiger charge is 2.38. The number of benzene rings is 1. The third-order valence-corrected chi connectivity index (χ3v) is 5.80. The van der Waals surface area contributed by atoms with E-state index in [9.17, 15) is 18.0 Å². The summed E-state index contributed by atoms with van der Waals surface area (Å²) in [6.45, 7) is 2.25. The molecule has 166 valence electrons. The zero-order chi connectivity index (χ0) is 22.3. The van der Waals surface area contributed by atoms with E-state index in [0.29, 0.717) is 17.3 Å². The van der Waals surface area contributed by atoms with Crippen molar-refractivity contribution >= 4 is 22.5 Å². The molecule has 0 unspecified atom stereocenters. The molecule has 1 fully saturated rings. The number of ether oxygens (including phenoxy) is 1. The predicted molar refractivity (Wildman–Crippen MR) is 109 cm³/mol. The Morgan fingerprint density at radius 2 is 1.87 bits per heavy atom. The lowest BCUT2D eigenvalue weighted by atomic mass is 9.87. The summed E-state index contributed by atoms with van der Waals surface area (Å²) in [6, 6.07) is 3.66. The minimum atomic E-state index is -4.69. The van der Waals surface area contributed by atoms with Gasteiger partial charge in [0.25, 0.3) is 5.91 Å². The van der Waals surface area contributed by atoms with Crippen molar-refractivity contribution in [2.45, 2.75) is 44.8 Å². The second-order valence-electron chi connectivity index (χ2n) is 8.15. The average Bonchev–Trinajstić information content (AvgIpc) is 3.31. The largest absolute Gasteiger partial charge is 0.494 e. The highest BCUT2D eigenvalue weighted by Crippen LogP contribution is 2.36. The first-order valence-corrected chi connectivity index (χ1v) is 10.1. The number of carbonyl (C=O) groups excluding carboxylic acids is 1. The molecular formula is C21H24F3N5O2. The molecule has 31 heavy (non-hydrogen) atoms. The van der Waals surface area contributed by atoms with Crippen LogP contribution >= 0.6 is 0 Å². The topological polar surface area (TPSA) is 74.0 Å². The van der Waals surface area contributed by atoms with E-state index >= 15 is 0 Å². The van der Waals surface area contributed by atoms with Gasteiger partial charge in [0.2, 0.25) is 0 Å². The van der Waals surface area contributed by atoms with Crippen LogP contribution in [0.3, 0.4) is 0 Å². The van der Waals surface area contributed by atoms with Gasteiger partial charge in [0, 0.05) is 30.9 Å². The first-order valence-electron chi connectivity index (χ1n) is 10.1. The molecule has 0 aliphatic heterocycles. The van der Waals surface area contributed by atoms with Crippen molar-refractivity contribution in [3.05, 3.63) is 35.8 Å². The molecule has 0 saturated heterocycles. The Balaban J connectivity index is 1.64. The van der Waals surface area contributed by atoms with E-state index in [1.54, 1.807) is 12.1 Å². The second kappa shape index (κ2) is 7.90. The van der Waals surface area contributed by atoms with Crippen LogP contribution in [0, 0.1) is 5.92 Å². The first-order chi connectivity index (χ1) is 14.7. The minimum absolute atomic E-state index is 0.260. The Hall–Kier alpha value is -3.04. The monoisotopic (exact) mass is 435 g/mol. The van der Waals surface area contributed by atoms with Crippen molar-refractivity contribution in [2.24, 2.45) is 13.0 Å². The zero-order valence-corrected chi connectivity index (χ0v) is 17.5. The highest BCUT2D eigenvalue weighted by molar-refractivity contribution is 6.06. The Morgan fingerprint density at radius 3 is 2.52 bits per heavy atom. The summed E-state index contributed by atoms with van der Waals surface area (Å²) in [5.41, 5.74) is -0.825. The van der Waals surface area contributed by atoms with E-state index < -0.39 is 23.3 Å². The van der Waals surface area contributed by atoms with E-state index in [1.165, 1.54) is 14.2 Å². The number of rotatable bonds is 4. The SMILES string of the molecule is COc1cc2nn([C@H]3CC[C@H](C)CC3)cc2cc1NC(=O)c1nn(C)cc1C(F)(F)F. The lowest BCUT2D eigenvalue weighted by molar-refractivity contribution is -0.137. The van der Waals surface area contributed by atoms with Gasteiger partial charge >= 0.3 is 6.18 Å². The van der Waals surface area contributed by atoms with Crippen LogP contribution in [-0.2, 0) is 13.2 Å². The van der Waals surface area contributed by atoms with E-state index in [0.717, 1.165) is 47.9 Å². The number of carbonyl (C=O) groups is 1. The first kappa shape index (κ1) is 21.2. The molecular weight excluding hydrogens is 411 g/mol. The van der Waals surface area contributed by atoms with Crippen LogP contribution in [0.2, 0.25) is 0 Å². The summed E-state index contributed by atoms with van der Waals surface area (Å²) in [5.74, 6) is 0.0726. The number of aryl methyl sites for hydroxylation is 1. The molecule has 3 aromatic rings. The van der Waals surface area contributed by atoms with Gasteiger partial charge in [-0.25, -0.2) is 0 Å². The number of nitrogens with zero attached hydrogens (tertiary/aromatic N) is 4. The quantitative estimate of drug-likeness (QED) is 0.639. The van der Waals surface area contributed by atoms with Gasteiger partial charge in [-0.15, -0.1) is 0 Å². The lowest BCUT2D eigenvalue weighted by Gasteiger charge is -2.26. The number of aromatic nitrogens is 4. The van der Waals surface area contributed by atoms with E-state index in [2.05, 4.69) is 22.4 Å². The van der Waals surface area contributed by atoms with Crippen molar-refractivity contribution in [1.29, 1.82) is 0 Å². The number of hydrogen-bond acceptors (Lipinski definition) is 4. The van der Waals surface area contributed by atoms with Crippen molar-refractivity contribution in [3.8, 4) is 5.75 Å². The number of alkyl halides is 3. The number of hydrogen-bond donors (Lipinski definition) is 1. The molecule has 0 spiro atoms. The average molecular weight is 435 g/mol. The molecule has 1 aromatic carbocycles. The number of anilines is 1. The summed E-state index contributed by atoms with van der Waals surface area (Å²) in [5, 5.41) is 11.6. The van der Waals surface area contributed by atoms with Crippen LogP contribution in [0.25, 0.3) is 10.9 Å². The molecule has 0 radical (unpaired) electrons. The Kier molecular flexibility index (Phi) is 5.40. The smallest absolute Gasteiger partial charge is 0.420 e. The fourth-order valence-electron chi connectivity index (χ4n) is 4.08. The summed E-state index contributed by atoms with van der Waals surface area (Å²) < 4.78 is 48.0. The van der Waals surface area contributed by atoms with E-state index in [4.69, 9.17) is 4.74 Å². The summed E-state index contributed by atoms with van der Waals surface area (Å²) >= 11 is 0. The molecule has 1 N–H and O–H groups in total. The lowest BCUT2D eigenvalue weighted by Crippen LogP contribution is -2.18. The maximum atomic E-state index is 13.2. The van der Waals surface area contributed by atoms with Gasteiger partial charge < -0.3 is 10.1 Å². The van der Waals surface area contributed by atoms with Gasteiger partial charge in [0.15, 0.2) is 5.69 Å². The molecule has 0 bridgehead atoms. The molecule has 4 rings (SSSR count). The van der Waals surface area contributed by atoms with Crippen LogP contribution in [0.1, 0.15) is 54.7 Å². The maximum absolute atomic E-state index is 13.2. The number of fused-ring (bicyclic) bond motifs is 1. The minimum Gasteiger partial charge on any atom is -0.494 e. The predicted octanol–water partition coefficient (Wildman–Crippen LogP) is 4.80. The normalized spacial score (nSPS) is 19.5. The number of amides is 1.